The lowest BCUT2D eigenvalue weighted by Gasteiger charge is -2.25. The average Bonchev–Trinajstić information content (AvgIpc) is 2.94. The molecule has 1 fully saturated rings. The Balaban J connectivity index is 1.63. The molecule has 0 bridgehead atoms. The van der Waals surface area contributed by atoms with E-state index in [1.54, 1.807) is 6.20 Å². The molecule has 1 aliphatic rings. The zero-order chi connectivity index (χ0) is 17.1. The van der Waals surface area contributed by atoms with Gasteiger partial charge in [-0.15, -0.1) is 5.10 Å². The molecule has 0 unspecified atom stereocenters. The van der Waals surface area contributed by atoms with E-state index >= 15 is 0 Å². The molecule has 0 N–H and O–H groups in total. The molecule has 0 aliphatic carbocycles. The number of aryl methyl sites for hydroxylation is 1. The maximum Gasteiger partial charge on any atom is 0.151 e. The summed E-state index contributed by atoms with van der Waals surface area (Å²) in [4.78, 5) is 9.61. The van der Waals surface area contributed by atoms with Gasteiger partial charge in [-0.25, -0.2) is 0 Å². The van der Waals surface area contributed by atoms with Crippen molar-refractivity contribution in [2.75, 3.05) is 36.0 Å². The van der Waals surface area contributed by atoms with E-state index in [0.717, 1.165) is 56.0 Å². The molecule has 4 rings (SSSR count). The van der Waals surface area contributed by atoms with E-state index in [1.807, 2.05) is 12.1 Å². The number of anilines is 2. The Morgan fingerprint density at radius 3 is 2.64 bits per heavy atom. The van der Waals surface area contributed by atoms with Crippen molar-refractivity contribution in [1.82, 2.24) is 15.2 Å². The largest absolute Gasteiger partial charge is 0.369 e. The van der Waals surface area contributed by atoms with Gasteiger partial charge in [0.25, 0.3) is 0 Å². The van der Waals surface area contributed by atoms with Crippen LogP contribution in [0.4, 0.5) is 11.5 Å². The van der Waals surface area contributed by atoms with Gasteiger partial charge in [-0.05, 0) is 37.1 Å². The Morgan fingerprint density at radius 1 is 0.960 bits per heavy atom. The fraction of sp³-hybridized carbons (Fsp3) is 0.350. The predicted octanol–water partition coefficient (Wildman–Crippen LogP) is 3.30. The number of para-hydroxylation sites is 1. The van der Waals surface area contributed by atoms with Crippen LogP contribution in [0.25, 0.3) is 10.9 Å². The number of hydrogen-bond acceptors (Lipinski definition) is 5. The van der Waals surface area contributed by atoms with E-state index in [2.05, 4.69) is 57.3 Å². The van der Waals surface area contributed by atoms with Crippen molar-refractivity contribution in [3.05, 3.63) is 54.4 Å². The second-order valence-electron chi connectivity index (χ2n) is 6.41. The molecule has 1 saturated heterocycles. The van der Waals surface area contributed by atoms with Crippen LogP contribution >= 0.6 is 0 Å². The third-order valence-corrected chi connectivity index (χ3v) is 4.83. The van der Waals surface area contributed by atoms with Gasteiger partial charge in [0.15, 0.2) is 5.82 Å². The fourth-order valence-corrected chi connectivity index (χ4v) is 3.50. The second-order valence-corrected chi connectivity index (χ2v) is 6.41. The highest BCUT2D eigenvalue weighted by Gasteiger charge is 2.18. The molecule has 0 spiro atoms. The molecule has 3 heterocycles. The normalized spacial score (nSPS) is 15.4. The minimum atomic E-state index is 0.955. The number of hydrogen-bond donors (Lipinski definition) is 0. The Labute approximate surface area is 148 Å². The second kappa shape index (κ2) is 7.05. The van der Waals surface area contributed by atoms with Gasteiger partial charge in [0.1, 0.15) is 0 Å². The van der Waals surface area contributed by atoms with Crippen LogP contribution in [-0.2, 0) is 6.42 Å². The summed E-state index contributed by atoms with van der Waals surface area (Å²) in [6.07, 6.45) is 3.79. The standard InChI is InChI=1S/C20H23N5/c1-2-16-15-19(17-7-3-4-8-18(17)22-16)24-11-6-12-25(14-13-24)20-9-5-10-21-23-20/h3-5,7-10,15H,2,6,11-14H2,1H3. The van der Waals surface area contributed by atoms with Gasteiger partial charge in [0.05, 0.1) is 5.52 Å². The SMILES string of the molecule is CCc1cc(N2CCCN(c3cccnn3)CC2)c2ccccc2n1. The first-order chi connectivity index (χ1) is 12.3. The smallest absolute Gasteiger partial charge is 0.151 e. The Hall–Kier alpha value is -2.69. The minimum absolute atomic E-state index is 0.955. The maximum absolute atomic E-state index is 4.78. The lowest BCUT2D eigenvalue weighted by atomic mass is 10.1. The average molecular weight is 333 g/mol. The van der Waals surface area contributed by atoms with Gasteiger partial charge in [-0.1, -0.05) is 25.1 Å². The van der Waals surface area contributed by atoms with E-state index in [1.165, 1.54) is 11.1 Å². The Bertz CT molecular complexity index is 849. The van der Waals surface area contributed by atoms with Crippen molar-refractivity contribution >= 4 is 22.4 Å². The van der Waals surface area contributed by atoms with Gasteiger partial charge in [-0.3, -0.25) is 4.98 Å². The minimum Gasteiger partial charge on any atom is -0.369 e. The molecule has 5 nitrogen and oxygen atoms in total. The number of aromatic nitrogens is 3. The van der Waals surface area contributed by atoms with Gasteiger partial charge in [0.2, 0.25) is 0 Å². The summed E-state index contributed by atoms with van der Waals surface area (Å²) in [5.74, 6) is 0.971. The maximum atomic E-state index is 4.78. The van der Waals surface area contributed by atoms with Crippen LogP contribution in [0, 0.1) is 0 Å². The molecule has 3 aromatic rings. The van der Waals surface area contributed by atoms with Gasteiger partial charge in [-0.2, -0.15) is 5.10 Å². The first-order valence-electron chi connectivity index (χ1n) is 9.01. The molecule has 0 atom stereocenters. The third kappa shape index (κ3) is 3.27. The summed E-state index contributed by atoms with van der Waals surface area (Å²) in [7, 11) is 0. The van der Waals surface area contributed by atoms with Crippen molar-refractivity contribution in [1.29, 1.82) is 0 Å². The number of fused-ring (bicyclic) bond motifs is 1. The van der Waals surface area contributed by atoms with Gasteiger partial charge >= 0.3 is 0 Å². The van der Waals surface area contributed by atoms with Crippen molar-refractivity contribution in [3.63, 3.8) is 0 Å². The van der Waals surface area contributed by atoms with E-state index in [0.29, 0.717) is 0 Å². The molecule has 0 saturated carbocycles. The van der Waals surface area contributed by atoms with Crippen LogP contribution in [0.2, 0.25) is 0 Å². The summed E-state index contributed by atoms with van der Waals surface area (Å²) >= 11 is 0. The summed E-state index contributed by atoms with van der Waals surface area (Å²) in [6, 6.07) is 14.7. The van der Waals surface area contributed by atoms with Crippen LogP contribution in [0.5, 0.6) is 0 Å². The molecule has 0 amide bonds. The molecule has 25 heavy (non-hydrogen) atoms. The molecule has 5 heteroatoms. The predicted molar refractivity (Wildman–Crippen MR) is 102 cm³/mol. The van der Waals surface area contributed by atoms with Crippen LogP contribution in [0.1, 0.15) is 19.0 Å². The first kappa shape index (κ1) is 15.8. The van der Waals surface area contributed by atoms with E-state index in [4.69, 9.17) is 4.98 Å². The number of rotatable bonds is 3. The van der Waals surface area contributed by atoms with Crippen LogP contribution in [-0.4, -0.2) is 41.4 Å². The molecule has 128 valence electrons. The molecule has 0 radical (unpaired) electrons. The van der Waals surface area contributed by atoms with E-state index in [9.17, 15) is 0 Å². The highest BCUT2D eigenvalue weighted by atomic mass is 15.3. The first-order valence-corrected chi connectivity index (χ1v) is 9.01. The van der Waals surface area contributed by atoms with Crippen LogP contribution < -0.4 is 9.80 Å². The lowest BCUT2D eigenvalue weighted by Crippen LogP contribution is -2.31. The molecule has 1 aliphatic heterocycles. The Morgan fingerprint density at radius 2 is 1.80 bits per heavy atom. The fourth-order valence-electron chi connectivity index (χ4n) is 3.50. The van der Waals surface area contributed by atoms with Crippen molar-refractivity contribution in [3.8, 4) is 0 Å². The van der Waals surface area contributed by atoms with Gasteiger partial charge in [0, 0.05) is 49.1 Å². The van der Waals surface area contributed by atoms with Crippen molar-refractivity contribution < 1.29 is 0 Å². The highest BCUT2D eigenvalue weighted by Crippen LogP contribution is 2.28. The summed E-state index contributed by atoms with van der Waals surface area (Å²) in [5.41, 5.74) is 3.55. The molecule has 2 aromatic heterocycles. The lowest BCUT2D eigenvalue weighted by molar-refractivity contribution is 0.786. The summed E-state index contributed by atoms with van der Waals surface area (Å²) < 4.78 is 0. The quantitative estimate of drug-likeness (QED) is 0.736. The number of pyridine rings is 1. The monoisotopic (exact) mass is 333 g/mol. The molecular weight excluding hydrogens is 310 g/mol. The van der Waals surface area contributed by atoms with Crippen LogP contribution in [0.3, 0.4) is 0 Å². The zero-order valence-electron chi connectivity index (χ0n) is 14.6. The number of benzene rings is 1. The van der Waals surface area contributed by atoms with Crippen LogP contribution in [0.15, 0.2) is 48.7 Å². The van der Waals surface area contributed by atoms with E-state index < -0.39 is 0 Å². The topological polar surface area (TPSA) is 45.2 Å². The number of nitrogens with zero attached hydrogens (tertiary/aromatic N) is 5. The van der Waals surface area contributed by atoms with Crippen molar-refractivity contribution in [2.45, 2.75) is 19.8 Å². The molecular formula is C20H23N5. The van der Waals surface area contributed by atoms with E-state index in [-0.39, 0.29) is 0 Å². The van der Waals surface area contributed by atoms with Crippen molar-refractivity contribution in [2.24, 2.45) is 0 Å². The summed E-state index contributed by atoms with van der Waals surface area (Å²) in [5, 5.41) is 9.53. The zero-order valence-corrected chi connectivity index (χ0v) is 14.6. The van der Waals surface area contributed by atoms with Gasteiger partial charge < -0.3 is 9.80 Å². The third-order valence-electron chi connectivity index (χ3n) is 4.83. The Kier molecular flexibility index (Phi) is 4.46. The highest BCUT2D eigenvalue weighted by molar-refractivity contribution is 5.92. The summed E-state index contributed by atoms with van der Waals surface area (Å²) in [6.45, 7) is 6.16. The molecule has 1 aromatic carbocycles.